The van der Waals surface area contributed by atoms with Gasteiger partial charge in [-0.15, -0.1) is 0 Å². The SMILES string of the molecule is O=C(Nc1cccc(-n2ccc3c(NC(=O)c4ccccc4)nccc32)c1)c1ccc(Cl)c(Cl)c1. The Morgan fingerprint density at radius 1 is 0.743 bits per heavy atom. The molecule has 0 saturated carbocycles. The van der Waals surface area contributed by atoms with Gasteiger partial charge in [0.15, 0.2) is 0 Å². The van der Waals surface area contributed by atoms with Gasteiger partial charge in [0.1, 0.15) is 5.82 Å². The Labute approximate surface area is 211 Å². The van der Waals surface area contributed by atoms with Crippen LogP contribution in [0, 0.1) is 0 Å². The van der Waals surface area contributed by atoms with E-state index < -0.39 is 0 Å². The van der Waals surface area contributed by atoms with E-state index in [-0.39, 0.29) is 11.8 Å². The number of carbonyl (C=O) groups is 2. The maximum Gasteiger partial charge on any atom is 0.256 e. The molecule has 6 nitrogen and oxygen atoms in total. The molecule has 2 heterocycles. The monoisotopic (exact) mass is 500 g/mol. The summed E-state index contributed by atoms with van der Waals surface area (Å²) >= 11 is 12.0. The van der Waals surface area contributed by atoms with Crippen LogP contribution in [0.15, 0.2) is 97.3 Å². The predicted octanol–water partition coefficient (Wildman–Crippen LogP) is 6.84. The molecule has 0 unspecified atom stereocenters. The summed E-state index contributed by atoms with van der Waals surface area (Å²) in [6.07, 6.45) is 3.54. The normalized spacial score (nSPS) is 10.8. The van der Waals surface area contributed by atoms with Crippen LogP contribution in [0.25, 0.3) is 16.6 Å². The Morgan fingerprint density at radius 3 is 2.34 bits per heavy atom. The van der Waals surface area contributed by atoms with Gasteiger partial charge in [0.2, 0.25) is 0 Å². The molecule has 3 aromatic carbocycles. The molecule has 0 bridgehead atoms. The number of halogens is 2. The van der Waals surface area contributed by atoms with E-state index >= 15 is 0 Å². The molecule has 0 aliphatic rings. The molecule has 2 amide bonds. The fourth-order valence-electron chi connectivity index (χ4n) is 3.73. The number of rotatable bonds is 5. The van der Waals surface area contributed by atoms with Crippen molar-refractivity contribution < 1.29 is 9.59 Å². The third kappa shape index (κ3) is 4.75. The van der Waals surface area contributed by atoms with Crippen LogP contribution in [-0.4, -0.2) is 21.4 Å². The van der Waals surface area contributed by atoms with Gasteiger partial charge in [-0.3, -0.25) is 9.59 Å². The summed E-state index contributed by atoms with van der Waals surface area (Å²) in [5, 5.41) is 7.27. The second kappa shape index (κ2) is 9.62. The van der Waals surface area contributed by atoms with Gasteiger partial charge < -0.3 is 15.2 Å². The van der Waals surface area contributed by atoms with Gasteiger partial charge in [0, 0.05) is 40.3 Å². The Kier molecular flexibility index (Phi) is 6.23. The molecule has 2 N–H and O–H groups in total. The maximum atomic E-state index is 12.7. The summed E-state index contributed by atoms with van der Waals surface area (Å²) in [6, 6.07) is 24.9. The lowest BCUT2D eigenvalue weighted by atomic mass is 10.2. The molecular weight excluding hydrogens is 483 g/mol. The molecule has 0 radical (unpaired) electrons. The minimum absolute atomic E-state index is 0.231. The Hall–Kier alpha value is -4.13. The topological polar surface area (TPSA) is 76.0 Å². The fraction of sp³-hybridized carbons (Fsp3) is 0. The van der Waals surface area contributed by atoms with Crippen LogP contribution in [0.2, 0.25) is 10.0 Å². The van der Waals surface area contributed by atoms with Crippen molar-refractivity contribution in [3.05, 3.63) is 118 Å². The summed E-state index contributed by atoms with van der Waals surface area (Å²) in [4.78, 5) is 29.7. The molecule has 0 saturated heterocycles. The zero-order chi connectivity index (χ0) is 24.4. The number of pyridine rings is 1. The van der Waals surface area contributed by atoms with Gasteiger partial charge in [0.25, 0.3) is 11.8 Å². The van der Waals surface area contributed by atoms with E-state index in [0.717, 1.165) is 16.6 Å². The molecule has 35 heavy (non-hydrogen) atoms. The van der Waals surface area contributed by atoms with Crippen molar-refractivity contribution in [3.63, 3.8) is 0 Å². The van der Waals surface area contributed by atoms with Gasteiger partial charge >= 0.3 is 0 Å². The molecule has 172 valence electrons. The van der Waals surface area contributed by atoms with Gasteiger partial charge in [-0.05, 0) is 60.7 Å². The lowest BCUT2D eigenvalue weighted by Gasteiger charge is -2.11. The van der Waals surface area contributed by atoms with Crippen molar-refractivity contribution in [1.82, 2.24) is 9.55 Å². The minimum atomic E-state index is -0.298. The number of anilines is 2. The quantitative estimate of drug-likeness (QED) is 0.277. The average Bonchev–Trinajstić information content (AvgIpc) is 3.31. The third-order valence-corrected chi connectivity index (χ3v) is 6.19. The summed E-state index contributed by atoms with van der Waals surface area (Å²) < 4.78 is 1.96. The molecule has 0 spiro atoms. The minimum Gasteiger partial charge on any atom is -0.322 e. The van der Waals surface area contributed by atoms with E-state index in [2.05, 4.69) is 15.6 Å². The number of nitrogens with zero attached hydrogens (tertiary/aromatic N) is 2. The standard InChI is InChI=1S/C27H18Cl2N4O2/c28-22-10-9-18(15-23(22)29)27(35)31-19-7-4-8-20(16-19)33-14-12-21-24(33)11-13-30-25(21)32-26(34)17-5-2-1-3-6-17/h1-16H,(H,31,35)(H,30,32,34). The highest BCUT2D eigenvalue weighted by Gasteiger charge is 2.13. The van der Waals surface area contributed by atoms with Crippen LogP contribution in [0.3, 0.4) is 0 Å². The highest BCUT2D eigenvalue weighted by Crippen LogP contribution is 2.27. The number of fused-ring (bicyclic) bond motifs is 1. The van der Waals surface area contributed by atoms with E-state index in [0.29, 0.717) is 32.7 Å². The van der Waals surface area contributed by atoms with Crippen molar-refractivity contribution in [2.75, 3.05) is 10.6 Å². The summed E-state index contributed by atoms with van der Waals surface area (Å²) in [6.45, 7) is 0. The van der Waals surface area contributed by atoms with Crippen LogP contribution in [0.5, 0.6) is 0 Å². The number of aromatic nitrogens is 2. The molecule has 2 aromatic heterocycles. The van der Waals surface area contributed by atoms with Crippen LogP contribution >= 0.6 is 23.2 Å². The van der Waals surface area contributed by atoms with Crippen molar-refractivity contribution in [2.24, 2.45) is 0 Å². The molecule has 0 aliphatic carbocycles. The first kappa shape index (κ1) is 22.7. The largest absolute Gasteiger partial charge is 0.322 e. The molecular formula is C27H18Cl2N4O2. The smallest absolute Gasteiger partial charge is 0.256 e. The Morgan fingerprint density at radius 2 is 1.54 bits per heavy atom. The first-order valence-corrected chi connectivity index (χ1v) is 11.4. The number of hydrogen-bond acceptors (Lipinski definition) is 3. The fourth-order valence-corrected chi connectivity index (χ4v) is 4.03. The summed E-state index contributed by atoms with van der Waals surface area (Å²) in [5.41, 5.74) is 3.26. The van der Waals surface area contributed by atoms with Crippen molar-refractivity contribution in [3.8, 4) is 5.69 Å². The van der Waals surface area contributed by atoms with Crippen LogP contribution < -0.4 is 10.6 Å². The third-order valence-electron chi connectivity index (χ3n) is 5.45. The highest BCUT2D eigenvalue weighted by molar-refractivity contribution is 6.42. The zero-order valence-corrected chi connectivity index (χ0v) is 19.7. The number of nitrogens with one attached hydrogen (secondary N) is 2. The second-order valence-electron chi connectivity index (χ2n) is 7.73. The molecule has 0 aliphatic heterocycles. The van der Waals surface area contributed by atoms with Crippen molar-refractivity contribution in [2.45, 2.75) is 0 Å². The number of benzene rings is 3. The van der Waals surface area contributed by atoms with E-state index in [1.54, 1.807) is 36.5 Å². The van der Waals surface area contributed by atoms with E-state index in [4.69, 9.17) is 23.2 Å². The van der Waals surface area contributed by atoms with Gasteiger partial charge in [0.05, 0.1) is 15.6 Å². The van der Waals surface area contributed by atoms with Crippen LogP contribution in [-0.2, 0) is 0 Å². The van der Waals surface area contributed by atoms with Crippen LogP contribution in [0.1, 0.15) is 20.7 Å². The van der Waals surface area contributed by atoms with Crippen molar-refractivity contribution in [1.29, 1.82) is 0 Å². The molecule has 0 atom stereocenters. The van der Waals surface area contributed by atoms with Crippen LogP contribution in [0.4, 0.5) is 11.5 Å². The number of carbonyl (C=O) groups excluding carboxylic acids is 2. The van der Waals surface area contributed by atoms with E-state index in [1.807, 2.05) is 59.3 Å². The first-order chi connectivity index (χ1) is 17.0. The summed E-state index contributed by atoms with van der Waals surface area (Å²) in [7, 11) is 0. The molecule has 0 fully saturated rings. The van der Waals surface area contributed by atoms with E-state index in [1.165, 1.54) is 6.07 Å². The zero-order valence-electron chi connectivity index (χ0n) is 18.2. The average molecular weight is 501 g/mol. The number of hydrogen-bond donors (Lipinski definition) is 2. The maximum absolute atomic E-state index is 12.7. The highest BCUT2D eigenvalue weighted by atomic mass is 35.5. The first-order valence-electron chi connectivity index (χ1n) is 10.7. The number of amides is 2. The molecule has 8 heteroatoms. The predicted molar refractivity (Wildman–Crippen MR) is 140 cm³/mol. The Balaban J connectivity index is 1.41. The molecule has 5 aromatic rings. The lowest BCUT2D eigenvalue weighted by molar-refractivity contribution is 0.101. The summed E-state index contributed by atoms with van der Waals surface area (Å²) in [5.74, 6) is -0.0577. The van der Waals surface area contributed by atoms with Crippen molar-refractivity contribution >= 4 is 57.4 Å². The second-order valence-corrected chi connectivity index (χ2v) is 8.55. The molecule has 5 rings (SSSR count). The van der Waals surface area contributed by atoms with Gasteiger partial charge in [-0.1, -0.05) is 47.5 Å². The van der Waals surface area contributed by atoms with Gasteiger partial charge in [-0.25, -0.2) is 4.98 Å². The van der Waals surface area contributed by atoms with Gasteiger partial charge in [-0.2, -0.15) is 0 Å². The lowest BCUT2D eigenvalue weighted by Crippen LogP contribution is -2.13. The van der Waals surface area contributed by atoms with E-state index in [9.17, 15) is 9.59 Å². The Bertz CT molecular complexity index is 1560.